The summed E-state index contributed by atoms with van der Waals surface area (Å²) in [5.74, 6) is -0.498. The maximum Gasteiger partial charge on any atom is 0.332 e. The van der Waals surface area contributed by atoms with Crippen molar-refractivity contribution in [3.8, 4) is 0 Å². The molecule has 14 heavy (non-hydrogen) atoms. The molecule has 0 bridgehead atoms. The lowest BCUT2D eigenvalue weighted by molar-refractivity contribution is -0.178. The highest BCUT2D eigenvalue weighted by Crippen LogP contribution is 2.20. The predicted molar refractivity (Wildman–Crippen MR) is 45.5 cm³/mol. The van der Waals surface area contributed by atoms with Crippen LogP contribution in [0.5, 0.6) is 0 Å². The molecule has 5 nitrogen and oxygen atoms in total. The van der Waals surface area contributed by atoms with Crippen molar-refractivity contribution in [3.63, 3.8) is 0 Å². The Morgan fingerprint density at radius 2 is 2.29 bits per heavy atom. The SMILES string of the molecule is C=CC(=O)OC(OCC1CO1)C1CO1. The standard InChI is InChI=1S/C9H12O5/c1-2-8(10)14-9(7-5-12-7)13-4-6-3-11-6/h2,6-7,9H,1,3-5H2. The summed E-state index contributed by atoms with van der Waals surface area (Å²) >= 11 is 0. The van der Waals surface area contributed by atoms with Crippen LogP contribution in [0.1, 0.15) is 0 Å². The van der Waals surface area contributed by atoms with Gasteiger partial charge in [-0.2, -0.15) is 0 Å². The van der Waals surface area contributed by atoms with Crippen LogP contribution in [0.3, 0.4) is 0 Å². The Morgan fingerprint density at radius 1 is 1.57 bits per heavy atom. The predicted octanol–water partition coefficient (Wildman–Crippen LogP) is -0.144. The number of carbonyl (C=O) groups excluding carboxylic acids is 1. The zero-order valence-corrected chi connectivity index (χ0v) is 7.68. The van der Waals surface area contributed by atoms with Gasteiger partial charge in [-0.15, -0.1) is 0 Å². The van der Waals surface area contributed by atoms with Gasteiger partial charge in [0.25, 0.3) is 0 Å². The molecule has 0 radical (unpaired) electrons. The Balaban J connectivity index is 1.73. The van der Waals surface area contributed by atoms with Gasteiger partial charge in [0.1, 0.15) is 12.2 Å². The normalized spacial score (nSPS) is 30.6. The van der Waals surface area contributed by atoms with Crippen molar-refractivity contribution in [2.24, 2.45) is 0 Å². The minimum Gasteiger partial charge on any atom is -0.430 e. The largest absolute Gasteiger partial charge is 0.430 e. The monoisotopic (exact) mass is 200 g/mol. The molecule has 3 atom stereocenters. The molecule has 0 amide bonds. The summed E-state index contributed by atoms with van der Waals surface area (Å²) in [6, 6.07) is 0. The van der Waals surface area contributed by atoms with Gasteiger partial charge in [0.15, 0.2) is 0 Å². The van der Waals surface area contributed by atoms with Crippen LogP contribution in [0, 0.1) is 0 Å². The van der Waals surface area contributed by atoms with Crippen LogP contribution in [-0.4, -0.2) is 44.3 Å². The van der Waals surface area contributed by atoms with Crippen LogP contribution in [0.2, 0.25) is 0 Å². The molecule has 2 rings (SSSR count). The van der Waals surface area contributed by atoms with E-state index in [1.54, 1.807) is 0 Å². The number of rotatable bonds is 6. The van der Waals surface area contributed by atoms with E-state index in [4.69, 9.17) is 18.9 Å². The summed E-state index contributed by atoms with van der Waals surface area (Å²) < 4.78 is 20.2. The Bertz CT molecular complexity index is 231. The summed E-state index contributed by atoms with van der Waals surface area (Å²) in [7, 11) is 0. The molecule has 0 aromatic carbocycles. The molecule has 5 heteroatoms. The van der Waals surface area contributed by atoms with Crippen LogP contribution in [0.15, 0.2) is 12.7 Å². The molecule has 2 aliphatic rings. The van der Waals surface area contributed by atoms with Crippen LogP contribution in [0.4, 0.5) is 0 Å². The van der Waals surface area contributed by atoms with Gasteiger partial charge in [-0.3, -0.25) is 0 Å². The van der Waals surface area contributed by atoms with E-state index < -0.39 is 12.3 Å². The van der Waals surface area contributed by atoms with Crippen molar-refractivity contribution >= 4 is 5.97 Å². The fourth-order valence-electron chi connectivity index (χ4n) is 0.959. The van der Waals surface area contributed by atoms with Gasteiger partial charge in [-0.1, -0.05) is 6.58 Å². The molecule has 3 unspecified atom stereocenters. The van der Waals surface area contributed by atoms with E-state index in [-0.39, 0.29) is 12.2 Å². The second-order valence-corrected chi connectivity index (χ2v) is 3.17. The van der Waals surface area contributed by atoms with E-state index in [9.17, 15) is 4.79 Å². The van der Waals surface area contributed by atoms with E-state index in [2.05, 4.69) is 6.58 Å². The van der Waals surface area contributed by atoms with Crippen LogP contribution < -0.4 is 0 Å². The molecule has 2 fully saturated rings. The highest BCUT2D eigenvalue weighted by molar-refractivity contribution is 5.81. The minimum absolute atomic E-state index is 0.127. The van der Waals surface area contributed by atoms with Gasteiger partial charge in [0.2, 0.25) is 6.29 Å². The topological polar surface area (TPSA) is 60.6 Å². The smallest absolute Gasteiger partial charge is 0.332 e. The zero-order valence-electron chi connectivity index (χ0n) is 7.68. The first-order valence-electron chi connectivity index (χ1n) is 4.47. The van der Waals surface area contributed by atoms with E-state index in [1.807, 2.05) is 0 Å². The number of carbonyl (C=O) groups is 1. The van der Waals surface area contributed by atoms with Crippen LogP contribution in [0.25, 0.3) is 0 Å². The number of hydrogen-bond acceptors (Lipinski definition) is 5. The summed E-state index contributed by atoms with van der Waals surface area (Å²) in [4.78, 5) is 10.9. The Morgan fingerprint density at radius 3 is 2.79 bits per heavy atom. The van der Waals surface area contributed by atoms with E-state index in [0.717, 1.165) is 6.08 Å². The van der Waals surface area contributed by atoms with Crippen molar-refractivity contribution in [3.05, 3.63) is 12.7 Å². The maximum absolute atomic E-state index is 10.9. The first kappa shape index (κ1) is 9.64. The third kappa shape index (κ3) is 2.80. The van der Waals surface area contributed by atoms with Crippen molar-refractivity contribution in [2.45, 2.75) is 18.5 Å². The van der Waals surface area contributed by atoms with Gasteiger partial charge >= 0.3 is 5.97 Å². The molecular weight excluding hydrogens is 188 g/mol. The summed E-state index contributed by atoms with van der Waals surface area (Å²) in [6.45, 7) is 5.03. The Hall–Kier alpha value is -0.910. The quantitative estimate of drug-likeness (QED) is 0.258. The lowest BCUT2D eigenvalue weighted by Crippen LogP contribution is -2.27. The number of epoxide rings is 2. The first-order valence-corrected chi connectivity index (χ1v) is 4.47. The molecule has 0 N–H and O–H groups in total. The average Bonchev–Trinajstić information content (AvgIpc) is 3.03. The molecule has 0 spiro atoms. The summed E-state index contributed by atoms with van der Waals surface area (Å²) in [5.41, 5.74) is 0. The molecular formula is C9H12O5. The van der Waals surface area contributed by atoms with E-state index >= 15 is 0 Å². The molecule has 0 saturated carbocycles. The second-order valence-electron chi connectivity index (χ2n) is 3.17. The van der Waals surface area contributed by atoms with Crippen LogP contribution >= 0.6 is 0 Å². The molecule has 2 saturated heterocycles. The first-order chi connectivity index (χ1) is 6.79. The fourth-order valence-corrected chi connectivity index (χ4v) is 0.959. The maximum atomic E-state index is 10.9. The fraction of sp³-hybridized carbons (Fsp3) is 0.667. The van der Waals surface area contributed by atoms with E-state index in [1.165, 1.54) is 0 Å². The second kappa shape index (κ2) is 4.08. The van der Waals surface area contributed by atoms with Crippen molar-refractivity contribution in [1.29, 1.82) is 0 Å². The third-order valence-corrected chi connectivity index (χ3v) is 1.91. The lowest BCUT2D eigenvalue weighted by atomic mass is 10.4. The molecule has 78 valence electrons. The third-order valence-electron chi connectivity index (χ3n) is 1.91. The minimum atomic E-state index is -0.621. The molecule has 0 aromatic heterocycles. The van der Waals surface area contributed by atoms with Crippen molar-refractivity contribution in [1.82, 2.24) is 0 Å². The van der Waals surface area contributed by atoms with Crippen molar-refractivity contribution < 1.29 is 23.7 Å². The van der Waals surface area contributed by atoms with Gasteiger partial charge in [0, 0.05) is 6.08 Å². The number of esters is 1. The van der Waals surface area contributed by atoms with E-state index in [0.29, 0.717) is 19.8 Å². The van der Waals surface area contributed by atoms with Gasteiger partial charge in [0.05, 0.1) is 19.8 Å². The zero-order chi connectivity index (χ0) is 9.97. The van der Waals surface area contributed by atoms with Crippen molar-refractivity contribution in [2.75, 3.05) is 19.8 Å². The molecule has 0 aliphatic carbocycles. The van der Waals surface area contributed by atoms with Gasteiger partial charge in [-0.05, 0) is 0 Å². The number of hydrogen-bond donors (Lipinski definition) is 0. The van der Waals surface area contributed by atoms with Gasteiger partial charge < -0.3 is 18.9 Å². The van der Waals surface area contributed by atoms with Crippen LogP contribution in [-0.2, 0) is 23.7 Å². The Kier molecular flexibility index (Phi) is 2.81. The summed E-state index contributed by atoms with van der Waals surface area (Å²) in [5, 5.41) is 0. The Labute approximate surface area is 81.6 Å². The number of ether oxygens (including phenoxy) is 4. The molecule has 2 heterocycles. The lowest BCUT2D eigenvalue weighted by Gasteiger charge is -2.14. The molecule has 0 aromatic rings. The summed E-state index contributed by atoms with van der Waals surface area (Å²) in [6.07, 6.45) is 0.507. The van der Waals surface area contributed by atoms with Gasteiger partial charge in [-0.25, -0.2) is 4.79 Å². The average molecular weight is 200 g/mol. The highest BCUT2D eigenvalue weighted by atomic mass is 16.7. The molecule has 2 aliphatic heterocycles. The highest BCUT2D eigenvalue weighted by Gasteiger charge is 2.38.